The SMILES string of the molecule is CC1(C)COc2c(CN3CCC4(CC3)CCN(C(=O)c3ccnc(N)n3)CC4)cccc2O1. The minimum Gasteiger partial charge on any atom is -0.485 e. The molecule has 0 radical (unpaired) electrons. The highest BCUT2D eigenvalue weighted by Gasteiger charge is 2.39. The van der Waals surface area contributed by atoms with Gasteiger partial charge in [0, 0.05) is 31.4 Å². The average Bonchev–Trinajstić information content (AvgIpc) is 2.80. The van der Waals surface area contributed by atoms with E-state index in [2.05, 4.69) is 40.8 Å². The molecule has 0 saturated carbocycles. The third-order valence-electron chi connectivity index (χ3n) is 7.33. The van der Waals surface area contributed by atoms with E-state index in [0.29, 0.717) is 17.7 Å². The van der Waals surface area contributed by atoms with Crippen LogP contribution in [0.25, 0.3) is 0 Å². The molecule has 0 atom stereocenters. The van der Waals surface area contributed by atoms with Gasteiger partial charge in [-0.2, -0.15) is 0 Å². The summed E-state index contributed by atoms with van der Waals surface area (Å²) in [7, 11) is 0. The van der Waals surface area contributed by atoms with Crippen LogP contribution in [0.5, 0.6) is 11.5 Å². The molecule has 0 unspecified atom stereocenters. The van der Waals surface area contributed by atoms with Crippen molar-refractivity contribution in [3.05, 3.63) is 41.7 Å². The highest BCUT2D eigenvalue weighted by Crippen LogP contribution is 2.43. The van der Waals surface area contributed by atoms with Crippen molar-refractivity contribution in [2.24, 2.45) is 5.41 Å². The van der Waals surface area contributed by atoms with Crippen LogP contribution in [0.4, 0.5) is 5.95 Å². The van der Waals surface area contributed by atoms with E-state index in [9.17, 15) is 4.79 Å². The lowest BCUT2D eigenvalue weighted by molar-refractivity contribution is 0.0172. The van der Waals surface area contributed by atoms with Crippen molar-refractivity contribution in [2.45, 2.75) is 51.7 Å². The fourth-order valence-electron chi connectivity index (χ4n) is 5.27. The fourth-order valence-corrected chi connectivity index (χ4v) is 5.27. The molecule has 1 aromatic heterocycles. The zero-order valence-electron chi connectivity index (χ0n) is 19.5. The van der Waals surface area contributed by atoms with E-state index < -0.39 is 0 Å². The number of anilines is 1. The molecule has 1 aromatic carbocycles. The van der Waals surface area contributed by atoms with Gasteiger partial charge in [-0.1, -0.05) is 12.1 Å². The van der Waals surface area contributed by atoms with Gasteiger partial charge in [-0.05, 0) is 70.2 Å². The third kappa shape index (κ3) is 4.62. The van der Waals surface area contributed by atoms with E-state index in [0.717, 1.165) is 69.9 Å². The number of hydrogen-bond donors (Lipinski definition) is 1. The quantitative estimate of drug-likeness (QED) is 0.766. The van der Waals surface area contributed by atoms with E-state index in [-0.39, 0.29) is 17.5 Å². The third-order valence-corrected chi connectivity index (χ3v) is 7.33. The number of likely N-dealkylation sites (tertiary alicyclic amines) is 2. The standard InChI is InChI=1S/C25H33N5O3/c1-24(2)17-32-21-18(4-3-5-20(21)33-24)16-29-12-7-25(8-13-29)9-14-30(15-10-25)22(31)19-6-11-27-23(26)28-19/h3-6,11H,7-10,12-17H2,1-2H3,(H2,26,27,28). The summed E-state index contributed by atoms with van der Waals surface area (Å²) < 4.78 is 12.2. The molecule has 2 N–H and O–H groups in total. The number of carbonyl (C=O) groups is 1. The van der Waals surface area contributed by atoms with Crippen LogP contribution in [-0.2, 0) is 6.54 Å². The van der Waals surface area contributed by atoms with Crippen LogP contribution in [0.15, 0.2) is 30.5 Å². The highest BCUT2D eigenvalue weighted by molar-refractivity contribution is 5.92. The first-order valence-corrected chi connectivity index (χ1v) is 11.9. The molecule has 8 nitrogen and oxygen atoms in total. The molecule has 8 heteroatoms. The second-order valence-electron chi connectivity index (χ2n) is 10.3. The molecule has 2 saturated heterocycles. The monoisotopic (exact) mass is 451 g/mol. The summed E-state index contributed by atoms with van der Waals surface area (Å²) in [6, 6.07) is 7.84. The van der Waals surface area contributed by atoms with Crippen LogP contribution in [0.3, 0.4) is 0 Å². The lowest BCUT2D eigenvalue weighted by atomic mass is 9.71. The van der Waals surface area contributed by atoms with Gasteiger partial charge in [-0.25, -0.2) is 9.97 Å². The molecule has 176 valence electrons. The molecule has 1 amide bonds. The second kappa shape index (κ2) is 8.48. The fraction of sp³-hybridized carbons (Fsp3) is 0.560. The summed E-state index contributed by atoms with van der Waals surface area (Å²) in [5.74, 6) is 1.84. The van der Waals surface area contributed by atoms with Crippen molar-refractivity contribution >= 4 is 11.9 Å². The van der Waals surface area contributed by atoms with Gasteiger partial charge in [0.15, 0.2) is 11.5 Å². The maximum absolute atomic E-state index is 12.8. The Morgan fingerprint density at radius 2 is 1.82 bits per heavy atom. The van der Waals surface area contributed by atoms with Crippen LogP contribution in [0, 0.1) is 5.41 Å². The zero-order valence-corrected chi connectivity index (χ0v) is 19.5. The molecule has 0 aliphatic carbocycles. The summed E-state index contributed by atoms with van der Waals surface area (Å²) in [6.45, 7) is 9.22. The molecule has 2 fully saturated rings. The van der Waals surface area contributed by atoms with Crippen molar-refractivity contribution in [1.29, 1.82) is 0 Å². The Balaban J connectivity index is 1.16. The molecule has 3 aliphatic rings. The molecule has 1 spiro atoms. The van der Waals surface area contributed by atoms with E-state index >= 15 is 0 Å². The van der Waals surface area contributed by atoms with Crippen molar-refractivity contribution < 1.29 is 14.3 Å². The van der Waals surface area contributed by atoms with E-state index in [1.807, 2.05) is 11.0 Å². The number of piperidine rings is 2. The number of carbonyl (C=O) groups excluding carboxylic acids is 1. The molecule has 3 aliphatic heterocycles. The van der Waals surface area contributed by atoms with Crippen molar-refractivity contribution in [1.82, 2.24) is 19.8 Å². The summed E-state index contributed by atoms with van der Waals surface area (Å²) in [4.78, 5) is 25.2. The van der Waals surface area contributed by atoms with Crippen molar-refractivity contribution in [3.8, 4) is 11.5 Å². The first kappa shape index (κ1) is 21.9. The second-order valence-corrected chi connectivity index (χ2v) is 10.3. The van der Waals surface area contributed by atoms with Crippen LogP contribution >= 0.6 is 0 Å². The molecular weight excluding hydrogens is 418 g/mol. The smallest absolute Gasteiger partial charge is 0.272 e. The normalized spacial score (nSPS) is 21.7. The minimum atomic E-state index is -0.292. The molecule has 33 heavy (non-hydrogen) atoms. The highest BCUT2D eigenvalue weighted by atomic mass is 16.6. The number of nitrogens with two attached hydrogens (primary N) is 1. The minimum absolute atomic E-state index is 0.0457. The Bertz CT molecular complexity index is 1020. The maximum Gasteiger partial charge on any atom is 0.272 e. The zero-order chi connectivity index (χ0) is 23.1. The summed E-state index contributed by atoms with van der Waals surface area (Å²) in [6.07, 6.45) is 5.95. The molecule has 4 heterocycles. The first-order chi connectivity index (χ1) is 15.8. The Labute approximate surface area is 195 Å². The molecule has 0 bridgehead atoms. The van der Waals surface area contributed by atoms with Crippen molar-refractivity contribution in [3.63, 3.8) is 0 Å². The Morgan fingerprint density at radius 1 is 1.09 bits per heavy atom. The number of aromatic nitrogens is 2. The lowest BCUT2D eigenvalue weighted by Crippen LogP contribution is -2.48. The number of nitrogens with zero attached hydrogens (tertiary/aromatic N) is 4. The number of para-hydroxylation sites is 1. The number of nitrogen functional groups attached to an aromatic ring is 1. The largest absolute Gasteiger partial charge is 0.485 e. The van der Waals surface area contributed by atoms with Crippen LogP contribution in [0.2, 0.25) is 0 Å². The molecule has 5 rings (SSSR count). The van der Waals surface area contributed by atoms with E-state index in [1.165, 1.54) is 5.56 Å². The van der Waals surface area contributed by atoms with Gasteiger partial charge >= 0.3 is 0 Å². The maximum atomic E-state index is 12.8. The van der Waals surface area contributed by atoms with Crippen LogP contribution in [0.1, 0.15) is 55.6 Å². The van der Waals surface area contributed by atoms with Gasteiger partial charge in [0.2, 0.25) is 5.95 Å². The van der Waals surface area contributed by atoms with E-state index in [1.54, 1.807) is 12.3 Å². The average molecular weight is 452 g/mol. The van der Waals surface area contributed by atoms with Crippen molar-refractivity contribution in [2.75, 3.05) is 38.5 Å². The number of hydrogen-bond acceptors (Lipinski definition) is 7. The number of benzene rings is 1. The topological polar surface area (TPSA) is 93.8 Å². The number of fused-ring (bicyclic) bond motifs is 1. The molecular formula is C25H33N5O3. The number of rotatable bonds is 3. The molecule has 2 aromatic rings. The van der Waals surface area contributed by atoms with Gasteiger partial charge in [0.1, 0.15) is 17.9 Å². The number of amides is 1. The lowest BCUT2D eigenvalue weighted by Gasteiger charge is -2.47. The van der Waals surface area contributed by atoms with E-state index in [4.69, 9.17) is 15.2 Å². The Hall–Kier alpha value is -2.87. The van der Waals surface area contributed by atoms with Crippen LogP contribution in [-0.4, -0.2) is 64.1 Å². The Morgan fingerprint density at radius 3 is 2.55 bits per heavy atom. The number of ether oxygens (including phenoxy) is 2. The Kier molecular flexibility index (Phi) is 5.64. The summed E-state index contributed by atoms with van der Waals surface area (Å²) in [5.41, 5.74) is 7.26. The van der Waals surface area contributed by atoms with Gasteiger partial charge in [-0.3, -0.25) is 9.69 Å². The predicted molar refractivity (Wildman–Crippen MR) is 125 cm³/mol. The first-order valence-electron chi connectivity index (χ1n) is 11.9. The van der Waals surface area contributed by atoms with Gasteiger partial charge < -0.3 is 20.1 Å². The van der Waals surface area contributed by atoms with Gasteiger partial charge in [0.05, 0.1) is 0 Å². The van der Waals surface area contributed by atoms with Crippen LogP contribution < -0.4 is 15.2 Å². The predicted octanol–water partition coefficient (Wildman–Crippen LogP) is 3.13. The summed E-state index contributed by atoms with van der Waals surface area (Å²) in [5, 5.41) is 0. The van der Waals surface area contributed by atoms with Gasteiger partial charge in [-0.15, -0.1) is 0 Å². The van der Waals surface area contributed by atoms with Gasteiger partial charge in [0.25, 0.3) is 5.91 Å². The summed E-state index contributed by atoms with van der Waals surface area (Å²) >= 11 is 0.